The number of aliphatic hydroxyl groups excluding tert-OH is 1. The molecule has 0 spiro atoms. The second-order valence-corrected chi connectivity index (χ2v) is 5.90. The Morgan fingerprint density at radius 3 is 2.86 bits per heavy atom. The van der Waals surface area contributed by atoms with E-state index in [0.717, 1.165) is 5.56 Å². The van der Waals surface area contributed by atoms with Crippen LogP contribution in [-0.4, -0.2) is 33.0 Å². The first-order valence-corrected chi connectivity index (χ1v) is 7.32. The van der Waals surface area contributed by atoms with Crippen molar-refractivity contribution in [2.45, 2.75) is 33.3 Å². The molecule has 0 saturated heterocycles. The van der Waals surface area contributed by atoms with Crippen LogP contribution in [-0.2, 0) is 0 Å². The summed E-state index contributed by atoms with van der Waals surface area (Å²) >= 11 is 0. The Hall–Kier alpha value is -2.21. The number of nitrogens with zero attached hydrogens (tertiary/aromatic N) is 2. The molecule has 1 amide bonds. The molecule has 22 heavy (non-hydrogen) atoms. The minimum Gasteiger partial charge on any atom is -0.391 e. The molecule has 2 heterocycles. The first-order chi connectivity index (χ1) is 10.4. The van der Waals surface area contributed by atoms with E-state index in [9.17, 15) is 14.7 Å². The summed E-state index contributed by atoms with van der Waals surface area (Å²) in [6, 6.07) is 3.56. The van der Waals surface area contributed by atoms with Crippen LogP contribution in [0.2, 0.25) is 0 Å². The Bertz CT molecular complexity index is 737. The fraction of sp³-hybridized carbons (Fsp3) is 0.438. The highest BCUT2D eigenvalue weighted by atomic mass is 16.3. The quantitative estimate of drug-likeness (QED) is 0.867. The van der Waals surface area contributed by atoms with Crippen LogP contribution in [0.25, 0.3) is 5.65 Å². The standard InChI is InChI=1S/C16H21N3O3/c1-10(2)6-12(20)8-18-15(21)13-9-17-14-7-11(3)4-5-19(14)16(13)22/h4-5,7,9-10,12,20H,6,8H2,1-3H3,(H,18,21). The van der Waals surface area contributed by atoms with E-state index >= 15 is 0 Å². The van der Waals surface area contributed by atoms with Crippen molar-refractivity contribution in [3.8, 4) is 0 Å². The minimum atomic E-state index is -0.622. The number of aryl methyl sites for hydroxylation is 1. The Balaban J connectivity index is 2.17. The van der Waals surface area contributed by atoms with Crippen molar-refractivity contribution in [1.29, 1.82) is 0 Å². The second kappa shape index (κ2) is 6.70. The number of carbonyl (C=O) groups is 1. The average molecular weight is 303 g/mol. The van der Waals surface area contributed by atoms with Gasteiger partial charge in [0.05, 0.1) is 6.10 Å². The fourth-order valence-electron chi connectivity index (χ4n) is 2.27. The zero-order chi connectivity index (χ0) is 16.3. The van der Waals surface area contributed by atoms with Gasteiger partial charge >= 0.3 is 0 Å². The highest BCUT2D eigenvalue weighted by Crippen LogP contribution is 2.04. The predicted octanol–water partition coefficient (Wildman–Crippen LogP) is 1.14. The van der Waals surface area contributed by atoms with Gasteiger partial charge in [-0.3, -0.25) is 14.0 Å². The lowest BCUT2D eigenvalue weighted by Crippen LogP contribution is -2.36. The number of carbonyl (C=O) groups excluding carboxylic acids is 1. The van der Waals surface area contributed by atoms with E-state index in [4.69, 9.17) is 0 Å². The number of amides is 1. The maximum absolute atomic E-state index is 12.3. The van der Waals surface area contributed by atoms with E-state index in [1.165, 1.54) is 10.6 Å². The lowest BCUT2D eigenvalue weighted by molar-refractivity contribution is 0.0898. The van der Waals surface area contributed by atoms with Gasteiger partial charge in [0.15, 0.2) is 0 Å². The summed E-state index contributed by atoms with van der Waals surface area (Å²) < 4.78 is 1.34. The smallest absolute Gasteiger partial charge is 0.270 e. The number of rotatable bonds is 5. The SMILES string of the molecule is Cc1ccn2c(=O)c(C(=O)NCC(O)CC(C)C)cnc2c1. The highest BCUT2D eigenvalue weighted by molar-refractivity contribution is 5.93. The van der Waals surface area contributed by atoms with Crippen LogP contribution in [0.3, 0.4) is 0 Å². The van der Waals surface area contributed by atoms with Gasteiger partial charge in [0.2, 0.25) is 0 Å². The van der Waals surface area contributed by atoms with Crippen LogP contribution in [0.4, 0.5) is 0 Å². The molecular formula is C16H21N3O3. The van der Waals surface area contributed by atoms with Crippen LogP contribution < -0.4 is 10.9 Å². The van der Waals surface area contributed by atoms with Gasteiger partial charge < -0.3 is 10.4 Å². The van der Waals surface area contributed by atoms with E-state index < -0.39 is 17.6 Å². The number of nitrogens with one attached hydrogen (secondary N) is 1. The van der Waals surface area contributed by atoms with Gasteiger partial charge in [-0.1, -0.05) is 13.8 Å². The summed E-state index contributed by atoms with van der Waals surface area (Å²) in [5.74, 6) is -0.182. The minimum absolute atomic E-state index is 0.0295. The van der Waals surface area contributed by atoms with Crippen molar-refractivity contribution < 1.29 is 9.90 Å². The monoisotopic (exact) mass is 303 g/mol. The molecule has 2 aromatic heterocycles. The van der Waals surface area contributed by atoms with E-state index in [1.54, 1.807) is 18.3 Å². The molecule has 118 valence electrons. The van der Waals surface area contributed by atoms with E-state index in [0.29, 0.717) is 18.0 Å². The maximum atomic E-state index is 12.3. The van der Waals surface area contributed by atoms with Crippen molar-refractivity contribution in [2.75, 3.05) is 6.54 Å². The largest absolute Gasteiger partial charge is 0.391 e. The molecule has 6 nitrogen and oxygen atoms in total. The summed E-state index contributed by atoms with van der Waals surface area (Å²) in [5.41, 5.74) is 1.04. The van der Waals surface area contributed by atoms with Gasteiger partial charge in [0, 0.05) is 18.9 Å². The highest BCUT2D eigenvalue weighted by Gasteiger charge is 2.15. The molecule has 1 atom stereocenters. The number of fused-ring (bicyclic) bond motifs is 1. The fourth-order valence-corrected chi connectivity index (χ4v) is 2.27. The van der Waals surface area contributed by atoms with Crippen molar-refractivity contribution in [2.24, 2.45) is 5.92 Å². The van der Waals surface area contributed by atoms with Crippen LogP contribution >= 0.6 is 0 Å². The third-order valence-electron chi connectivity index (χ3n) is 3.35. The predicted molar refractivity (Wildman–Crippen MR) is 84.0 cm³/mol. The molecule has 0 aromatic carbocycles. The van der Waals surface area contributed by atoms with Crippen LogP contribution in [0.1, 0.15) is 36.2 Å². The molecule has 2 aromatic rings. The number of pyridine rings is 1. The second-order valence-electron chi connectivity index (χ2n) is 5.90. The molecule has 6 heteroatoms. The first-order valence-electron chi connectivity index (χ1n) is 7.32. The Labute approximate surface area is 128 Å². The normalized spacial score (nSPS) is 12.6. The zero-order valence-corrected chi connectivity index (χ0v) is 13.0. The molecule has 0 saturated carbocycles. The molecule has 2 rings (SSSR count). The Kier molecular flexibility index (Phi) is 4.92. The van der Waals surface area contributed by atoms with Crippen molar-refractivity contribution in [3.05, 3.63) is 46.0 Å². The molecular weight excluding hydrogens is 282 g/mol. The van der Waals surface area contributed by atoms with Crippen LogP contribution in [0.15, 0.2) is 29.3 Å². The average Bonchev–Trinajstić information content (AvgIpc) is 2.44. The van der Waals surface area contributed by atoms with Crippen molar-refractivity contribution in [1.82, 2.24) is 14.7 Å². The number of aromatic nitrogens is 2. The molecule has 1 unspecified atom stereocenters. The lowest BCUT2D eigenvalue weighted by Gasteiger charge is -2.13. The molecule has 2 N–H and O–H groups in total. The summed E-state index contributed by atoms with van der Waals surface area (Å²) in [7, 11) is 0. The summed E-state index contributed by atoms with van der Waals surface area (Å²) in [4.78, 5) is 28.5. The van der Waals surface area contributed by atoms with Gasteiger partial charge in [-0.2, -0.15) is 0 Å². The number of hydrogen-bond acceptors (Lipinski definition) is 4. The number of hydrogen-bond donors (Lipinski definition) is 2. The van der Waals surface area contributed by atoms with Gasteiger partial charge in [-0.25, -0.2) is 4.98 Å². The molecule has 0 fully saturated rings. The van der Waals surface area contributed by atoms with Crippen molar-refractivity contribution >= 4 is 11.6 Å². The van der Waals surface area contributed by atoms with Gasteiger partial charge in [0.1, 0.15) is 11.2 Å². The summed E-state index contributed by atoms with van der Waals surface area (Å²) in [5, 5.41) is 12.4. The Morgan fingerprint density at radius 1 is 1.45 bits per heavy atom. The lowest BCUT2D eigenvalue weighted by atomic mass is 10.1. The molecule has 0 radical (unpaired) electrons. The molecule has 0 aliphatic heterocycles. The molecule has 0 aliphatic rings. The molecule has 0 aliphatic carbocycles. The van der Waals surface area contributed by atoms with E-state index in [-0.39, 0.29) is 12.1 Å². The summed E-state index contributed by atoms with van der Waals surface area (Å²) in [6.45, 7) is 6.01. The zero-order valence-electron chi connectivity index (χ0n) is 13.0. The third-order valence-corrected chi connectivity index (χ3v) is 3.35. The first kappa shape index (κ1) is 16.2. The Morgan fingerprint density at radius 2 is 2.18 bits per heavy atom. The van der Waals surface area contributed by atoms with E-state index in [1.807, 2.05) is 20.8 Å². The summed E-state index contributed by atoms with van der Waals surface area (Å²) in [6.07, 6.45) is 2.85. The van der Waals surface area contributed by atoms with Gasteiger partial charge in [-0.15, -0.1) is 0 Å². The number of aliphatic hydroxyl groups is 1. The maximum Gasteiger partial charge on any atom is 0.270 e. The van der Waals surface area contributed by atoms with Gasteiger partial charge in [0.25, 0.3) is 11.5 Å². The van der Waals surface area contributed by atoms with E-state index in [2.05, 4.69) is 10.3 Å². The van der Waals surface area contributed by atoms with Crippen LogP contribution in [0, 0.1) is 12.8 Å². The topological polar surface area (TPSA) is 83.7 Å². The van der Waals surface area contributed by atoms with Crippen molar-refractivity contribution in [3.63, 3.8) is 0 Å². The molecule has 0 bridgehead atoms. The third kappa shape index (κ3) is 3.71. The van der Waals surface area contributed by atoms with Gasteiger partial charge in [-0.05, 0) is 37.0 Å². The van der Waals surface area contributed by atoms with Crippen LogP contribution in [0.5, 0.6) is 0 Å².